The van der Waals surface area contributed by atoms with Crippen LogP contribution in [0.25, 0.3) is 11.0 Å². The van der Waals surface area contributed by atoms with Crippen LogP contribution in [-0.4, -0.2) is 23.6 Å². The van der Waals surface area contributed by atoms with Crippen molar-refractivity contribution in [3.63, 3.8) is 0 Å². The molecule has 0 radical (unpaired) electrons. The number of nitrogens with one attached hydrogen (secondary N) is 2. The molecule has 5 nitrogen and oxygen atoms in total. The number of rotatable bonds is 9. The van der Waals surface area contributed by atoms with Gasteiger partial charge in [0, 0.05) is 35.6 Å². The number of imidazole rings is 1. The summed E-state index contributed by atoms with van der Waals surface area (Å²) < 4.78 is 11.4. The number of H-pyrrole nitrogens is 1. The summed E-state index contributed by atoms with van der Waals surface area (Å²) in [5, 5.41) is 4.74. The second-order valence-corrected chi connectivity index (χ2v) is 7.98. The van der Waals surface area contributed by atoms with Gasteiger partial charge in [0.15, 0.2) is 11.5 Å². The van der Waals surface area contributed by atoms with E-state index >= 15 is 0 Å². The normalized spacial score (nSPS) is 11.1. The van der Waals surface area contributed by atoms with E-state index in [0.717, 1.165) is 41.0 Å². The van der Waals surface area contributed by atoms with Gasteiger partial charge >= 0.3 is 0 Å². The lowest BCUT2D eigenvalue weighted by Crippen LogP contribution is -2.17. The van der Waals surface area contributed by atoms with Crippen molar-refractivity contribution in [1.29, 1.82) is 0 Å². The first-order valence-corrected chi connectivity index (χ1v) is 10.8. The molecule has 1 aromatic heterocycles. The van der Waals surface area contributed by atoms with E-state index < -0.39 is 0 Å². The van der Waals surface area contributed by atoms with Crippen molar-refractivity contribution in [2.24, 2.45) is 0 Å². The Bertz CT molecular complexity index is 1130. The van der Waals surface area contributed by atoms with Crippen molar-refractivity contribution in [1.82, 2.24) is 15.3 Å². The van der Waals surface area contributed by atoms with Gasteiger partial charge in [-0.05, 0) is 41.5 Å². The summed E-state index contributed by atoms with van der Waals surface area (Å²) in [5.41, 5.74) is 4.00. The van der Waals surface area contributed by atoms with Crippen LogP contribution >= 0.6 is 23.2 Å². The van der Waals surface area contributed by atoms with Crippen LogP contribution in [0.15, 0.2) is 60.7 Å². The van der Waals surface area contributed by atoms with Gasteiger partial charge < -0.3 is 19.8 Å². The smallest absolute Gasteiger partial charge is 0.163 e. The number of benzene rings is 3. The maximum absolute atomic E-state index is 6.50. The van der Waals surface area contributed by atoms with Gasteiger partial charge in [0.2, 0.25) is 0 Å². The fourth-order valence-electron chi connectivity index (χ4n) is 3.28. The van der Waals surface area contributed by atoms with Gasteiger partial charge in [-0.2, -0.15) is 0 Å². The number of halogens is 2. The molecule has 0 aliphatic heterocycles. The molecule has 1 heterocycles. The van der Waals surface area contributed by atoms with E-state index in [0.29, 0.717) is 34.7 Å². The van der Waals surface area contributed by atoms with Gasteiger partial charge in [-0.25, -0.2) is 4.98 Å². The highest BCUT2D eigenvalue weighted by Crippen LogP contribution is 2.34. The maximum atomic E-state index is 6.50. The number of methoxy groups -OCH3 is 1. The van der Waals surface area contributed by atoms with Crippen LogP contribution in [0.5, 0.6) is 11.5 Å². The quantitative estimate of drug-likeness (QED) is 0.313. The van der Waals surface area contributed by atoms with Crippen LogP contribution in [0.4, 0.5) is 0 Å². The van der Waals surface area contributed by atoms with Crippen molar-refractivity contribution in [3.8, 4) is 11.5 Å². The number of hydrogen-bond donors (Lipinski definition) is 2. The van der Waals surface area contributed by atoms with E-state index in [2.05, 4.69) is 15.3 Å². The van der Waals surface area contributed by atoms with E-state index in [1.54, 1.807) is 13.2 Å². The van der Waals surface area contributed by atoms with Gasteiger partial charge in [0.25, 0.3) is 0 Å². The highest BCUT2D eigenvalue weighted by atomic mass is 35.5. The largest absolute Gasteiger partial charge is 0.493 e. The highest BCUT2D eigenvalue weighted by Gasteiger charge is 2.11. The van der Waals surface area contributed by atoms with Crippen LogP contribution in [0.3, 0.4) is 0 Å². The molecule has 4 rings (SSSR count). The van der Waals surface area contributed by atoms with E-state index in [-0.39, 0.29) is 0 Å². The first kappa shape index (κ1) is 21.5. The molecule has 3 aromatic carbocycles. The lowest BCUT2D eigenvalue weighted by molar-refractivity contribution is 0.284. The summed E-state index contributed by atoms with van der Waals surface area (Å²) in [6.45, 7) is 1.79. The SMILES string of the molecule is COc1cc(CNCCc2nc3ccccc3[nH]2)c(Cl)cc1OCc1ccc(Cl)cc1. The zero-order valence-corrected chi connectivity index (χ0v) is 18.6. The minimum absolute atomic E-state index is 0.402. The third kappa shape index (κ3) is 5.50. The van der Waals surface area contributed by atoms with Crippen molar-refractivity contribution < 1.29 is 9.47 Å². The molecule has 0 saturated heterocycles. The predicted molar refractivity (Wildman–Crippen MR) is 125 cm³/mol. The van der Waals surface area contributed by atoms with Crippen LogP contribution < -0.4 is 14.8 Å². The molecule has 0 spiro atoms. The van der Waals surface area contributed by atoms with Crippen LogP contribution in [-0.2, 0) is 19.6 Å². The van der Waals surface area contributed by atoms with Crippen molar-refractivity contribution >= 4 is 34.2 Å². The monoisotopic (exact) mass is 455 g/mol. The average molecular weight is 456 g/mol. The summed E-state index contributed by atoms with van der Waals surface area (Å²) >= 11 is 12.4. The molecular weight excluding hydrogens is 433 g/mol. The number of aromatic amines is 1. The molecule has 0 bridgehead atoms. The second-order valence-electron chi connectivity index (χ2n) is 7.14. The molecule has 0 aliphatic rings. The molecule has 0 unspecified atom stereocenters. The first-order chi connectivity index (χ1) is 15.1. The van der Waals surface area contributed by atoms with Gasteiger partial charge in [-0.15, -0.1) is 0 Å². The van der Waals surface area contributed by atoms with E-state index in [1.165, 1.54) is 0 Å². The summed E-state index contributed by atoms with van der Waals surface area (Å²) in [6, 6.07) is 19.3. The van der Waals surface area contributed by atoms with Gasteiger partial charge in [-0.3, -0.25) is 0 Å². The molecule has 0 saturated carbocycles. The highest BCUT2D eigenvalue weighted by molar-refractivity contribution is 6.31. The zero-order valence-electron chi connectivity index (χ0n) is 17.1. The number of aromatic nitrogens is 2. The molecule has 7 heteroatoms. The summed E-state index contributed by atoms with van der Waals surface area (Å²) in [7, 11) is 1.62. The average Bonchev–Trinajstić information content (AvgIpc) is 3.20. The van der Waals surface area contributed by atoms with Gasteiger partial charge in [-0.1, -0.05) is 47.5 Å². The molecule has 31 heavy (non-hydrogen) atoms. The Labute approximate surface area is 191 Å². The van der Waals surface area contributed by atoms with Crippen molar-refractivity contribution in [2.75, 3.05) is 13.7 Å². The third-order valence-electron chi connectivity index (χ3n) is 4.93. The summed E-state index contributed by atoms with van der Waals surface area (Å²) in [4.78, 5) is 7.94. The molecule has 0 fully saturated rings. The predicted octanol–water partition coefficient (Wildman–Crippen LogP) is 5.79. The van der Waals surface area contributed by atoms with Crippen molar-refractivity contribution in [3.05, 3.63) is 87.7 Å². The van der Waals surface area contributed by atoms with Crippen LogP contribution in [0, 0.1) is 0 Å². The number of para-hydroxylation sites is 2. The van der Waals surface area contributed by atoms with Crippen LogP contribution in [0.2, 0.25) is 10.0 Å². The lowest BCUT2D eigenvalue weighted by atomic mass is 10.2. The minimum Gasteiger partial charge on any atom is -0.493 e. The Balaban J connectivity index is 1.34. The fraction of sp³-hybridized carbons (Fsp3) is 0.208. The Morgan fingerprint density at radius 3 is 2.58 bits per heavy atom. The molecule has 2 N–H and O–H groups in total. The molecule has 0 aliphatic carbocycles. The van der Waals surface area contributed by atoms with Gasteiger partial charge in [0.1, 0.15) is 12.4 Å². The van der Waals surface area contributed by atoms with Crippen molar-refractivity contribution in [2.45, 2.75) is 19.6 Å². The lowest BCUT2D eigenvalue weighted by Gasteiger charge is -2.14. The molecule has 160 valence electrons. The van der Waals surface area contributed by atoms with E-state index in [9.17, 15) is 0 Å². The second kappa shape index (κ2) is 10.1. The summed E-state index contributed by atoms with van der Waals surface area (Å²) in [6.07, 6.45) is 0.797. The molecule has 4 aromatic rings. The maximum Gasteiger partial charge on any atom is 0.163 e. The number of nitrogens with zero attached hydrogens (tertiary/aromatic N) is 1. The standard InChI is InChI=1S/C24H23Cl2N3O2/c1-30-22-12-17(14-27-11-10-24-28-20-4-2-3-5-21(20)29-24)19(26)13-23(22)31-15-16-6-8-18(25)9-7-16/h2-9,12-13,27H,10-11,14-15H2,1H3,(H,28,29). The first-order valence-electron chi connectivity index (χ1n) is 10.0. The Kier molecular flexibility index (Phi) is 6.97. The third-order valence-corrected chi connectivity index (χ3v) is 5.54. The minimum atomic E-state index is 0.402. The molecule has 0 amide bonds. The Hall–Kier alpha value is -2.73. The van der Waals surface area contributed by atoms with Gasteiger partial charge in [0.05, 0.1) is 18.1 Å². The zero-order chi connectivity index (χ0) is 21.6. The number of hydrogen-bond acceptors (Lipinski definition) is 4. The summed E-state index contributed by atoms with van der Waals surface area (Å²) in [5.74, 6) is 2.21. The molecular formula is C24H23Cl2N3O2. The van der Waals surface area contributed by atoms with E-state index in [1.807, 2.05) is 54.6 Å². The fourth-order valence-corrected chi connectivity index (χ4v) is 3.63. The molecule has 0 atom stereocenters. The van der Waals surface area contributed by atoms with E-state index in [4.69, 9.17) is 32.7 Å². The Morgan fingerprint density at radius 1 is 1.00 bits per heavy atom. The topological polar surface area (TPSA) is 59.2 Å². The van der Waals surface area contributed by atoms with Crippen LogP contribution in [0.1, 0.15) is 17.0 Å². The number of fused-ring (bicyclic) bond motifs is 1. The number of ether oxygens (including phenoxy) is 2. The Morgan fingerprint density at radius 2 is 1.81 bits per heavy atom.